The molecule has 0 aliphatic heterocycles. The molecule has 0 unspecified atom stereocenters. The number of hydrogen-bond acceptors (Lipinski definition) is 1. The summed E-state index contributed by atoms with van der Waals surface area (Å²) in [5.41, 5.74) is 0. The Labute approximate surface area is 48.0 Å². The number of hydrogen-bond donors (Lipinski definition) is 0. The van der Waals surface area contributed by atoms with Gasteiger partial charge >= 0.3 is 0 Å². The summed E-state index contributed by atoms with van der Waals surface area (Å²) in [4.78, 5) is 9.86. The van der Waals surface area contributed by atoms with Crippen LogP contribution in [-0.2, 0) is 4.79 Å². The number of carbonyl (C=O) groups excluding carboxylic acids is 1. The van der Waals surface area contributed by atoms with Crippen LogP contribution in [0.15, 0.2) is 12.7 Å². The van der Waals surface area contributed by atoms with Gasteiger partial charge in [-0.1, -0.05) is 6.08 Å². The molecule has 0 saturated heterocycles. The fraction of sp³-hybridized carbons (Fsp3) is 0.200. The van der Waals surface area contributed by atoms with Gasteiger partial charge in [0.15, 0.2) is 0 Å². The van der Waals surface area contributed by atoms with Crippen LogP contribution >= 0.6 is 11.6 Å². The van der Waals surface area contributed by atoms with Crippen LogP contribution in [-0.4, -0.2) is 5.24 Å². The Morgan fingerprint density at radius 2 is 2.43 bits per heavy atom. The first-order valence-corrected chi connectivity index (χ1v) is 2.28. The summed E-state index contributed by atoms with van der Waals surface area (Å²) < 4.78 is 0. The van der Waals surface area contributed by atoms with Gasteiger partial charge in [0.2, 0.25) is 5.24 Å². The molecule has 7 heavy (non-hydrogen) atoms. The largest absolute Gasteiger partial charge is 0.281 e. The van der Waals surface area contributed by atoms with Gasteiger partial charge in [0, 0.05) is 6.42 Å². The van der Waals surface area contributed by atoms with Gasteiger partial charge in [0.05, 0.1) is 0 Å². The van der Waals surface area contributed by atoms with Crippen molar-refractivity contribution in [2.45, 2.75) is 6.42 Å². The zero-order chi connectivity index (χ0) is 5.70. The smallest absolute Gasteiger partial charge is 0.225 e. The van der Waals surface area contributed by atoms with E-state index < -0.39 is 5.24 Å². The molecule has 0 aliphatic rings. The van der Waals surface area contributed by atoms with E-state index in [0.717, 1.165) is 0 Å². The molecule has 0 saturated carbocycles. The van der Waals surface area contributed by atoms with E-state index in [1.165, 1.54) is 6.42 Å². The zero-order valence-electron chi connectivity index (χ0n) is 3.86. The maximum atomic E-state index is 9.86. The van der Waals surface area contributed by atoms with Gasteiger partial charge in [-0.25, -0.2) is 0 Å². The van der Waals surface area contributed by atoms with Crippen molar-refractivity contribution in [3.05, 3.63) is 19.1 Å². The first-order chi connectivity index (χ1) is 3.27. The predicted molar refractivity (Wildman–Crippen MR) is 30.0 cm³/mol. The molecule has 2 heteroatoms. The molecule has 1 nitrogen and oxygen atoms in total. The molecule has 0 heterocycles. The van der Waals surface area contributed by atoms with E-state index in [1.807, 2.05) is 0 Å². The van der Waals surface area contributed by atoms with Crippen molar-refractivity contribution >= 4 is 16.8 Å². The number of halogens is 1. The standard InChI is InChI=1S/C5H6ClO/c1-2-3-4-5(6)7/h2,4H,1,3H2. The minimum atomic E-state index is -0.417. The summed E-state index contributed by atoms with van der Waals surface area (Å²) in [7, 11) is 0. The van der Waals surface area contributed by atoms with E-state index in [-0.39, 0.29) is 0 Å². The highest BCUT2D eigenvalue weighted by Gasteiger charge is 1.89. The minimum absolute atomic E-state index is 0.417. The van der Waals surface area contributed by atoms with Crippen molar-refractivity contribution in [2.75, 3.05) is 0 Å². The molecule has 1 radical (unpaired) electrons. The molecule has 0 amide bonds. The summed E-state index contributed by atoms with van der Waals surface area (Å²) in [6, 6.07) is 0. The first-order valence-electron chi connectivity index (χ1n) is 1.91. The van der Waals surface area contributed by atoms with Crippen molar-refractivity contribution in [3.8, 4) is 0 Å². The zero-order valence-corrected chi connectivity index (χ0v) is 4.61. The van der Waals surface area contributed by atoms with E-state index in [2.05, 4.69) is 6.58 Å². The summed E-state index contributed by atoms with van der Waals surface area (Å²) in [6.07, 6.45) is 3.52. The van der Waals surface area contributed by atoms with E-state index >= 15 is 0 Å². The molecule has 0 aromatic heterocycles. The molecular formula is C5H6ClO. The van der Waals surface area contributed by atoms with Crippen molar-refractivity contribution in [3.63, 3.8) is 0 Å². The highest BCUT2D eigenvalue weighted by atomic mass is 35.5. The Morgan fingerprint density at radius 1 is 1.86 bits per heavy atom. The lowest BCUT2D eigenvalue weighted by molar-refractivity contribution is -0.108. The summed E-state index contributed by atoms with van der Waals surface area (Å²) in [6.45, 7) is 3.39. The highest BCUT2D eigenvalue weighted by Crippen LogP contribution is 1.91. The van der Waals surface area contributed by atoms with Crippen molar-refractivity contribution in [2.24, 2.45) is 0 Å². The third-order valence-corrected chi connectivity index (χ3v) is 0.599. The fourth-order valence-corrected chi connectivity index (χ4v) is 0.265. The normalized spacial score (nSPS) is 8.14. The lowest BCUT2D eigenvalue weighted by Crippen LogP contribution is -1.82. The maximum absolute atomic E-state index is 9.86. The third-order valence-electron chi connectivity index (χ3n) is 0.445. The van der Waals surface area contributed by atoms with E-state index in [0.29, 0.717) is 6.42 Å². The predicted octanol–water partition coefficient (Wildman–Crippen LogP) is 1.53. The summed E-state index contributed by atoms with van der Waals surface area (Å²) in [5, 5.41) is -0.417. The van der Waals surface area contributed by atoms with Crippen molar-refractivity contribution in [1.29, 1.82) is 0 Å². The lowest BCUT2D eigenvalue weighted by atomic mass is 10.3. The van der Waals surface area contributed by atoms with Gasteiger partial charge in [0.1, 0.15) is 0 Å². The quantitative estimate of drug-likeness (QED) is 0.405. The van der Waals surface area contributed by atoms with Crippen LogP contribution in [0.4, 0.5) is 0 Å². The molecule has 0 aromatic rings. The maximum Gasteiger partial charge on any atom is 0.225 e. The lowest BCUT2D eigenvalue weighted by Gasteiger charge is -1.79. The Kier molecular flexibility index (Phi) is 3.71. The van der Waals surface area contributed by atoms with E-state index in [4.69, 9.17) is 11.6 Å². The average molecular weight is 118 g/mol. The van der Waals surface area contributed by atoms with Crippen LogP contribution in [0.2, 0.25) is 0 Å². The molecule has 39 valence electrons. The molecule has 0 N–H and O–H groups in total. The summed E-state index contributed by atoms with van der Waals surface area (Å²) in [5.74, 6) is 0. The third kappa shape index (κ3) is 5.70. The topological polar surface area (TPSA) is 17.1 Å². The molecule has 0 atom stereocenters. The van der Waals surface area contributed by atoms with Crippen LogP contribution in [0.1, 0.15) is 6.42 Å². The summed E-state index contributed by atoms with van der Waals surface area (Å²) >= 11 is 4.91. The molecule has 0 spiro atoms. The second-order valence-electron chi connectivity index (χ2n) is 1.03. The van der Waals surface area contributed by atoms with Crippen LogP contribution < -0.4 is 0 Å². The second-order valence-corrected chi connectivity index (χ2v) is 1.41. The SMILES string of the molecule is C=CC[CH]C(=O)Cl. The van der Waals surface area contributed by atoms with Crippen LogP contribution in [0.5, 0.6) is 0 Å². The number of rotatable bonds is 3. The monoisotopic (exact) mass is 117 g/mol. The van der Waals surface area contributed by atoms with E-state index in [1.54, 1.807) is 6.08 Å². The second kappa shape index (κ2) is 3.88. The fourth-order valence-electron chi connectivity index (χ4n) is 0.176. The molecule has 0 rings (SSSR count). The van der Waals surface area contributed by atoms with Crippen LogP contribution in [0.3, 0.4) is 0 Å². The minimum Gasteiger partial charge on any atom is -0.281 e. The average Bonchev–Trinajstić information content (AvgIpc) is 1.61. The molecular weight excluding hydrogens is 112 g/mol. The molecule has 0 fully saturated rings. The van der Waals surface area contributed by atoms with Crippen LogP contribution in [0.25, 0.3) is 0 Å². The van der Waals surface area contributed by atoms with Crippen molar-refractivity contribution < 1.29 is 4.79 Å². The highest BCUT2D eigenvalue weighted by molar-refractivity contribution is 6.65. The Bertz CT molecular complexity index is 78.1. The van der Waals surface area contributed by atoms with Crippen LogP contribution in [0, 0.1) is 6.42 Å². The van der Waals surface area contributed by atoms with Gasteiger partial charge in [-0.3, -0.25) is 4.79 Å². The Balaban J connectivity index is 2.97. The first kappa shape index (κ1) is 6.70. The number of allylic oxidation sites excluding steroid dienone is 1. The van der Waals surface area contributed by atoms with E-state index in [9.17, 15) is 4.79 Å². The Morgan fingerprint density at radius 3 is 2.57 bits per heavy atom. The molecule has 0 bridgehead atoms. The van der Waals surface area contributed by atoms with Gasteiger partial charge in [-0.2, -0.15) is 0 Å². The van der Waals surface area contributed by atoms with Gasteiger partial charge < -0.3 is 0 Å². The Hall–Kier alpha value is -0.300. The van der Waals surface area contributed by atoms with Gasteiger partial charge in [-0.15, -0.1) is 6.58 Å². The number of carbonyl (C=O) groups is 1. The van der Waals surface area contributed by atoms with Crippen molar-refractivity contribution in [1.82, 2.24) is 0 Å². The van der Waals surface area contributed by atoms with Gasteiger partial charge in [-0.05, 0) is 18.0 Å². The molecule has 0 aromatic carbocycles. The molecule has 0 aliphatic carbocycles. The van der Waals surface area contributed by atoms with Gasteiger partial charge in [0.25, 0.3) is 0 Å².